The van der Waals surface area contributed by atoms with Gasteiger partial charge in [-0.2, -0.15) is 0 Å². The van der Waals surface area contributed by atoms with Gasteiger partial charge in [0.05, 0.1) is 4.90 Å². The number of sulfone groups is 1. The molecule has 1 amide bonds. The van der Waals surface area contributed by atoms with E-state index in [2.05, 4.69) is 5.32 Å². The zero-order chi connectivity index (χ0) is 18.7. The molecule has 2 aromatic carbocycles. The summed E-state index contributed by atoms with van der Waals surface area (Å²) in [5, 5.41) is 1.61. The second-order valence-corrected chi connectivity index (χ2v) is 9.45. The van der Waals surface area contributed by atoms with Crippen molar-refractivity contribution in [2.75, 3.05) is 0 Å². The molecular weight excluding hydrogens is 350 g/mol. The first-order valence-corrected chi connectivity index (χ1v) is 10.2. The summed E-state index contributed by atoms with van der Waals surface area (Å²) in [5.74, 6) is -0.312. The van der Waals surface area contributed by atoms with Crippen LogP contribution in [0.15, 0.2) is 47.4 Å². The second kappa shape index (κ2) is 5.58. The van der Waals surface area contributed by atoms with Crippen LogP contribution < -0.4 is 10.1 Å². The molecule has 1 N–H and O–H groups in total. The highest BCUT2D eigenvalue weighted by Crippen LogP contribution is 2.47. The lowest BCUT2D eigenvalue weighted by atomic mass is 9.81. The van der Waals surface area contributed by atoms with Gasteiger partial charge in [-0.3, -0.25) is 4.79 Å². The summed E-state index contributed by atoms with van der Waals surface area (Å²) in [6.45, 7) is 5.59. The molecule has 26 heavy (non-hydrogen) atoms. The molecule has 0 aromatic heterocycles. The monoisotopic (exact) mass is 371 g/mol. The van der Waals surface area contributed by atoms with Crippen molar-refractivity contribution in [2.24, 2.45) is 0 Å². The third-order valence-corrected chi connectivity index (χ3v) is 7.54. The normalized spacial score (nSPS) is 27.3. The fourth-order valence-corrected chi connectivity index (χ4v) is 5.86. The number of amides is 1. The minimum absolute atomic E-state index is 0.188. The van der Waals surface area contributed by atoms with Crippen LogP contribution in [0, 0.1) is 13.8 Å². The van der Waals surface area contributed by atoms with Gasteiger partial charge in [-0.1, -0.05) is 24.3 Å². The number of carbonyl (C=O) groups is 1. The summed E-state index contributed by atoms with van der Waals surface area (Å²) < 4.78 is 32.7. The maximum atomic E-state index is 13.4. The summed E-state index contributed by atoms with van der Waals surface area (Å²) in [7, 11) is -3.84. The molecule has 6 heteroatoms. The first kappa shape index (κ1) is 17.1. The number of aryl methyl sites for hydroxylation is 2. The highest BCUT2D eigenvalue weighted by atomic mass is 32.2. The van der Waals surface area contributed by atoms with Gasteiger partial charge >= 0.3 is 0 Å². The molecule has 2 heterocycles. The van der Waals surface area contributed by atoms with Crippen LogP contribution in [-0.4, -0.2) is 25.3 Å². The molecule has 0 aliphatic carbocycles. The zero-order valence-corrected chi connectivity index (χ0v) is 15.8. The van der Waals surface area contributed by atoms with Gasteiger partial charge < -0.3 is 10.1 Å². The number of carbonyl (C=O) groups excluding carboxylic acids is 1. The van der Waals surface area contributed by atoms with Crippen LogP contribution in [0.3, 0.4) is 0 Å². The number of rotatable bonds is 2. The molecule has 2 aromatic rings. The van der Waals surface area contributed by atoms with E-state index in [4.69, 9.17) is 4.74 Å². The molecule has 0 unspecified atom stereocenters. The number of piperidine rings is 1. The van der Waals surface area contributed by atoms with E-state index in [9.17, 15) is 13.2 Å². The van der Waals surface area contributed by atoms with E-state index >= 15 is 0 Å². The largest absolute Gasteiger partial charge is 0.468 e. The highest BCUT2D eigenvalue weighted by Gasteiger charge is 2.54. The molecule has 1 fully saturated rings. The first-order valence-electron chi connectivity index (χ1n) is 8.62. The molecule has 1 saturated heterocycles. The van der Waals surface area contributed by atoms with Gasteiger partial charge in [0.15, 0.2) is 20.8 Å². The molecule has 0 saturated carbocycles. The lowest BCUT2D eigenvalue weighted by molar-refractivity contribution is -0.132. The predicted molar refractivity (Wildman–Crippen MR) is 97.9 cm³/mol. The predicted octanol–water partition coefficient (Wildman–Crippen LogP) is 2.86. The van der Waals surface area contributed by atoms with E-state index < -0.39 is 32.6 Å². The van der Waals surface area contributed by atoms with E-state index in [0.29, 0.717) is 12.2 Å². The maximum absolute atomic E-state index is 13.4. The minimum atomic E-state index is -3.84. The van der Waals surface area contributed by atoms with Crippen molar-refractivity contribution in [2.45, 2.75) is 49.0 Å². The quantitative estimate of drug-likeness (QED) is 0.881. The van der Waals surface area contributed by atoms with E-state index in [-0.39, 0.29) is 4.90 Å². The van der Waals surface area contributed by atoms with Crippen LogP contribution in [0.4, 0.5) is 0 Å². The average Bonchev–Trinajstić information content (AvgIpc) is 2.56. The van der Waals surface area contributed by atoms with Crippen molar-refractivity contribution in [1.82, 2.24) is 5.32 Å². The molecule has 2 aliphatic heterocycles. The molecule has 136 valence electrons. The van der Waals surface area contributed by atoms with Gasteiger partial charge in [0.25, 0.3) is 0 Å². The molecule has 0 spiro atoms. The van der Waals surface area contributed by atoms with Crippen LogP contribution in [0.2, 0.25) is 0 Å². The topological polar surface area (TPSA) is 72.5 Å². The maximum Gasteiger partial charge on any atom is 0.242 e. The van der Waals surface area contributed by atoms with Gasteiger partial charge in [0.2, 0.25) is 5.91 Å². The Morgan fingerprint density at radius 2 is 1.85 bits per heavy atom. The molecule has 2 aliphatic rings. The third kappa shape index (κ3) is 2.51. The van der Waals surface area contributed by atoms with Gasteiger partial charge in [-0.05, 0) is 55.7 Å². The lowest BCUT2D eigenvalue weighted by Gasteiger charge is -2.46. The summed E-state index contributed by atoms with van der Waals surface area (Å²) >= 11 is 0. The van der Waals surface area contributed by atoms with Crippen molar-refractivity contribution in [3.8, 4) is 5.75 Å². The zero-order valence-electron chi connectivity index (χ0n) is 14.9. The molecule has 0 radical (unpaired) electrons. The van der Waals surface area contributed by atoms with Crippen LogP contribution in [0.5, 0.6) is 5.75 Å². The van der Waals surface area contributed by atoms with Crippen LogP contribution >= 0.6 is 0 Å². The number of fused-ring (bicyclic) bond motifs is 4. The first-order chi connectivity index (χ1) is 12.2. The van der Waals surface area contributed by atoms with Gasteiger partial charge in [0.1, 0.15) is 5.75 Å². The summed E-state index contributed by atoms with van der Waals surface area (Å²) in [4.78, 5) is 13.0. The lowest BCUT2D eigenvalue weighted by Crippen LogP contribution is -2.63. The number of hydrogen-bond donors (Lipinski definition) is 1. The number of nitrogens with one attached hydrogen (secondary N) is 1. The van der Waals surface area contributed by atoms with Crippen molar-refractivity contribution >= 4 is 15.7 Å². The van der Waals surface area contributed by atoms with Crippen molar-refractivity contribution in [3.05, 3.63) is 59.2 Å². The highest BCUT2D eigenvalue weighted by molar-refractivity contribution is 7.92. The van der Waals surface area contributed by atoms with Gasteiger partial charge in [-0.25, -0.2) is 8.42 Å². The standard InChI is InChI=1S/C20H21NO4S/c1-12-8-9-14(10-13(12)2)26(23,24)18-16-11-20(3,21-19(18)22)25-17-7-5-4-6-15(16)17/h4-10,16,18H,11H2,1-3H3,(H,21,22)/t16-,18+,20+/m0/s1. The Morgan fingerprint density at radius 1 is 1.12 bits per heavy atom. The fourth-order valence-electron chi connectivity index (χ4n) is 3.95. The van der Waals surface area contributed by atoms with Crippen LogP contribution in [-0.2, 0) is 14.6 Å². The second-order valence-electron chi connectivity index (χ2n) is 7.38. The minimum Gasteiger partial charge on any atom is -0.468 e. The summed E-state index contributed by atoms with van der Waals surface area (Å²) in [6, 6.07) is 12.4. The number of benzene rings is 2. The Kier molecular flexibility index (Phi) is 3.67. The average molecular weight is 371 g/mol. The Labute approximate surface area is 153 Å². The molecule has 3 atom stereocenters. The Hall–Kier alpha value is -2.34. The molecular formula is C20H21NO4S. The Balaban J connectivity index is 1.86. The van der Waals surface area contributed by atoms with E-state index in [1.807, 2.05) is 38.1 Å². The number of hydrogen-bond acceptors (Lipinski definition) is 4. The van der Waals surface area contributed by atoms with Crippen molar-refractivity contribution in [1.29, 1.82) is 0 Å². The van der Waals surface area contributed by atoms with Gasteiger partial charge in [0, 0.05) is 12.3 Å². The summed E-state index contributed by atoms with van der Waals surface area (Å²) in [5.41, 5.74) is 1.79. The van der Waals surface area contributed by atoms with Gasteiger partial charge in [-0.15, -0.1) is 0 Å². The number of ether oxygens (including phenoxy) is 1. The van der Waals surface area contributed by atoms with E-state index in [1.54, 1.807) is 25.1 Å². The Bertz CT molecular complexity index is 1010. The summed E-state index contributed by atoms with van der Waals surface area (Å²) in [6.07, 6.45) is 0.421. The fraction of sp³-hybridized carbons (Fsp3) is 0.350. The van der Waals surface area contributed by atoms with Crippen LogP contribution in [0.1, 0.15) is 36.0 Å². The van der Waals surface area contributed by atoms with Crippen molar-refractivity contribution in [3.63, 3.8) is 0 Å². The Morgan fingerprint density at radius 3 is 2.58 bits per heavy atom. The molecule has 2 bridgehead atoms. The smallest absolute Gasteiger partial charge is 0.242 e. The van der Waals surface area contributed by atoms with Crippen molar-refractivity contribution < 1.29 is 17.9 Å². The van der Waals surface area contributed by atoms with Crippen LogP contribution in [0.25, 0.3) is 0 Å². The molecule has 4 rings (SSSR count). The number of para-hydroxylation sites is 1. The molecule has 5 nitrogen and oxygen atoms in total. The van der Waals surface area contributed by atoms with E-state index in [0.717, 1.165) is 16.7 Å². The SMILES string of the molecule is Cc1ccc(S(=O)(=O)[C@H]2C(=O)N[C@@]3(C)C[C@H]2c2ccccc2O3)cc1C. The third-order valence-electron chi connectivity index (χ3n) is 5.42. The van der Waals surface area contributed by atoms with E-state index in [1.165, 1.54) is 0 Å².